The van der Waals surface area contributed by atoms with Crippen molar-refractivity contribution in [3.05, 3.63) is 11.6 Å². The van der Waals surface area contributed by atoms with Crippen LogP contribution in [0.25, 0.3) is 0 Å². The molecular weight excluding hydrogens is 1210 g/mol. The second-order valence-electron chi connectivity index (χ2n) is 29.5. The first-order valence-corrected chi connectivity index (χ1v) is 32.1. The minimum absolute atomic E-state index is 0.0282. The van der Waals surface area contributed by atoms with Crippen molar-refractivity contribution >= 4 is 0 Å². The highest BCUT2D eigenvalue weighted by Gasteiger charge is 2.71. The number of hydrogen-bond donors (Lipinski definition) is 20. The molecule has 5 heterocycles. The Kier molecular flexibility index (Phi) is 22.2. The van der Waals surface area contributed by atoms with Crippen molar-refractivity contribution in [3.63, 3.8) is 0 Å². The Morgan fingerprint density at radius 1 is 0.560 bits per heavy atom. The lowest BCUT2D eigenvalue weighted by molar-refractivity contribution is -0.465. The molecule has 0 amide bonds. The van der Waals surface area contributed by atoms with E-state index in [1.165, 1.54) is 20.8 Å². The number of rotatable bonds is 20. The summed E-state index contributed by atoms with van der Waals surface area (Å²) in [6.07, 6.45) is -37.1. The molecule has 0 bridgehead atoms. The molecular formula is C61H104O30. The third kappa shape index (κ3) is 13.0. The van der Waals surface area contributed by atoms with Gasteiger partial charge >= 0.3 is 5.97 Å². The maximum absolute atomic E-state index is 12.9. The van der Waals surface area contributed by atoms with Crippen LogP contribution in [-0.4, -0.2) is 312 Å². The Morgan fingerprint density at radius 3 is 1.64 bits per heavy atom. The number of hydrogen-bond acceptors (Lipinski definition) is 30. The molecule has 8 fully saturated rings. The lowest BCUT2D eigenvalue weighted by Gasteiger charge is -2.67. The van der Waals surface area contributed by atoms with Gasteiger partial charge in [0.1, 0.15) is 116 Å². The van der Waals surface area contributed by atoms with E-state index in [0.29, 0.717) is 32.1 Å². The zero-order valence-electron chi connectivity index (χ0n) is 53.1. The third-order valence-electron chi connectivity index (χ3n) is 23.4. The molecule has 30 nitrogen and oxygen atoms in total. The van der Waals surface area contributed by atoms with Gasteiger partial charge in [0.25, 0.3) is 0 Å². The molecule has 5 saturated heterocycles. The summed E-state index contributed by atoms with van der Waals surface area (Å²) in [4.78, 5) is 0. The highest BCUT2D eigenvalue weighted by atomic mass is 16.8. The van der Waals surface area contributed by atoms with Gasteiger partial charge in [-0.25, -0.2) is 0 Å². The van der Waals surface area contributed by atoms with Crippen molar-refractivity contribution in [2.45, 2.75) is 290 Å². The standard InChI is InChI=1S/C61H104O30/c1-24(10-14-36(56(4,5)80)87-54-49(91-60(9)50(78)45(74)39(68)30(21-64)88-60)44(73)40(69)31(86-54)22-82-52-47(76)42(71)37(66)28(19-62)84-52)25-16-17-57(6)33-13-11-26-27(59(33,8)34(65)18-58(25,57)7)12-15-35(55(26,2)3)90-61(81)51(79)46(75)41(70)32(89-61)23-83-53-48(77)43(72)38(67)29(20-63)85-53/h11,24-25,27-54,62-81H,10,12-23H2,1-9H3/t24-,25-,27-,28-,29-,30+,31-,32-,33+,34-,35+,36?,37-,38?,39+,40-,41-,42+,43+,44+,45-,46+,47?,48-,49-,50+,51-,52-,53-,54+,57+,58-,59+,60-,61-/m1/s1. The van der Waals surface area contributed by atoms with Gasteiger partial charge in [-0.05, 0) is 107 Å². The maximum Gasteiger partial charge on any atom is 0.311 e. The first-order chi connectivity index (χ1) is 42.3. The van der Waals surface area contributed by atoms with Crippen molar-refractivity contribution in [3.8, 4) is 0 Å². The summed E-state index contributed by atoms with van der Waals surface area (Å²) in [6.45, 7) is 13.1. The van der Waals surface area contributed by atoms with E-state index in [4.69, 9.17) is 47.4 Å². The molecule has 0 aromatic carbocycles. The van der Waals surface area contributed by atoms with Gasteiger partial charge in [0, 0.05) is 10.8 Å². The van der Waals surface area contributed by atoms with Gasteiger partial charge in [-0.3, -0.25) is 0 Å². The van der Waals surface area contributed by atoms with Crippen LogP contribution in [0.3, 0.4) is 0 Å². The minimum Gasteiger partial charge on any atom is -0.394 e. The molecule has 20 N–H and O–H groups in total. The highest BCUT2D eigenvalue weighted by Crippen LogP contribution is 2.75. The van der Waals surface area contributed by atoms with Crippen molar-refractivity contribution in [2.75, 3.05) is 33.0 Å². The molecule has 9 aliphatic rings. The van der Waals surface area contributed by atoms with E-state index in [2.05, 4.69) is 33.8 Å². The van der Waals surface area contributed by atoms with Crippen LogP contribution in [0.1, 0.15) is 114 Å². The van der Waals surface area contributed by atoms with Crippen molar-refractivity contribution in [1.29, 1.82) is 0 Å². The summed E-state index contributed by atoms with van der Waals surface area (Å²) in [7, 11) is 0. The van der Waals surface area contributed by atoms with Gasteiger partial charge in [-0.15, -0.1) is 0 Å². The Hall–Kier alpha value is -1.46. The van der Waals surface area contributed by atoms with Crippen LogP contribution in [0.2, 0.25) is 0 Å². The molecule has 0 aromatic heterocycles. The zero-order valence-corrected chi connectivity index (χ0v) is 53.1. The van der Waals surface area contributed by atoms with Crippen molar-refractivity contribution < 1.29 is 149 Å². The van der Waals surface area contributed by atoms with Gasteiger partial charge in [0.15, 0.2) is 30.8 Å². The van der Waals surface area contributed by atoms with Crippen LogP contribution in [-0.2, 0) is 47.4 Å². The molecule has 0 aromatic rings. The fourth-order valence-electron chi connectivity index (χ4n) is 17.4. The predicted molar refractivity (Wildman–Crippen MR) is 306 cm³/mol. The second-order valence-corrected chi connectivity index (χ2v) is 29.5. The summed E-state index contributed by atoms with van der Waals surface area (Å²) in [5.41, 5.74) is -2.99. The summed E-state index contributed by atoms with van der Waals surface area (Å²) in [6, 6.07) is 0. The lowest BCUT2D eigenvalue weighted by Crippen LogP contribution is -2.69. The van der Waals surface area contributed by atoms with E-state index in [1.54, 1.807) is 0 Å². The largest absolute Gasteiger partial charge is 0.394 e. The van der Waals surface area contributed by atoms with E-state index in [1.807, 2.05) is 13.8 Å². The van der Waals surface area contributed by atoms with E-state index in [0.717, 1.165) is 18.4 Å². The minimum atomic E-state index is -2.91. The first kappa shape index (κ1) is 73.8. The molecule has 91 heavy (non-hydrogen) atoms. The molecule has 528 valence electrons. The Morgan fingerprint density at radius 2 is 1.08 bits per heavy atom. The summed E-state index contributed by atoms with van der Waals surface area (Å²) >= 11 is 0. The highest BCUT2D eigenvalue weighted by molar-refractivity contribution is 5.32. The van der Waals surface area contributed by atoms with E-state index in [-0.39, 0.29) is 35.5 Å². The number of allylic oxidation sites excluding steroid dienone is 1. The Labute approximate surface area is 528 Å². The molecule has 0 spiro atoms. The lowest BCUT2D eigenvalue weighted by atomic mass is 9.38. The van der Waals surface area contributed by atoms with Gasteiger partial charge in [-0.2, -0.15) is 0 Å². The molecule has 30 heteroatoms. The van der Waals surface area contributed by atoms with Crippen LogP contribution in [0.15, 0.2) is 11.6 Å². The fourth-order valence-corrected chi connectivity index (χ4v) is 17.4. The van der Waals surface area contributed by atoms with Crippen molar-refractivity contribution in [2.24, 2.45) is 45.3 Å². The molecule has 9 rings (SSSR count). The van der Waals surface area contributed by atoms with Gasteiger partial charge < -0.3 is 149 Å². The van der Waals surface area contributed by atoms with Crippen LogP contribution in [0.5, 0.6) is 0 Å². The van der Waals surface area contributed by atoms with E-state index in [9.17, 15) is 102 Å². The second kappa shape index (κ2) is 27.3. The topological polar surface area (TPSA) is 497 Å². The molecule has 3 saturated carbocycles. The smallest absolute Gasteiger partial charge is 0.311 e. The normalized spacial score (nSPS) is 52.6. The predicted octanol–water partition coefficient (Wildman–Crippen LogP) is -5.70. The maximum atomic E-state index is 12.9. The molecule has 0 radical (unpaired) electrons. The van der Waals surface area contributed by atoms with Crippen LogP contribution < -0.4 is 0 Å². The molecule has 5 aliphatic heterocycles. The summed E-state index contributed by atoms with van der Waals surface area (Å²) in [5, 5.41) is 218. The average Bonchev–Trinajstić information content (AvgIpc) is 1.66. The number of aliphatic hydroxyl groups is 20. The summed E-state index contributed by atoms with van der Waals surface area (Å²) in [5.74, 6) is -5.46. The molecule has 35 atom stereocenters. The monoisotopic (exact) mass is 1320 g/mol. The molecule has 4 aliphatic carbocycles. The van der Waals surface area contributed by atoms with E-state index < -0.39 is 226 Å². The number of aliphatic hydroxyl groups excluding tert-OH is 18. The van der Waals surface area contributed by atoms with E-state index >= 15 is 0 Å². The van der Waals surface area contributed by atoms with Crippen LogP contribution in [0.4, 0.5) is 0 Å². The van der Waals surface area contributed by atoms with Crippen LogP contribution >= 0.6 is 0 Å². The SMILES string of the molecule is C[C@H](CCC(O[C@@H]1O[C@H](CO[C@@H]2O[C@H](CO)[C@@H](O)[C@H](O)C2O)[C@@H](O)[C@H](O)[C@H]1O[C@@]1(C)O[C@@H](CO)[C@H](O)[C@@H](O)[C@@H]1O)C(C)(C)O)[C@H]1CC[C@@]2(C)[C@@H]3CC=C4[C@@H](CC[C@H](O[C@]5(O)O[C@H](CO[C@@H]6O[C@H](CO)C(O)[C@H](O)[C@H]6O)[C@@H](O)[C@H](O)[C@H]5O)C4(C)C)[C@]3(C)[C@H](O)C[C@]12C. The molecule has 3 unspecified atom stereocenters. The van der Waals surface area contributed by atoms with Crippen molar-refractivity contribution in [1.82, 2.24) is 0 Å². The fraction of sp³-hybridized carbons (Fsp3) is 0.967. The quantitative estimate of drug-likeness (QED) is 0.0399. The zero-order chi connectivity index (χ0) is 67.4. The Bertz CT molecular complexity index is 2450. The third-order valence-corrected chi connectivity index (χ3v) is 23.4. The number of ether oxygens (including phenoxy) is 10. The van der Waals surface area contributed by atoms with Gasteiger partial charge in [0.2, 0.25) is 0 Å². The number of fused-ring (bicyclic) bond motifs is 5. The summed E-state index contributed by atoms with van der Waals surface area (Å²) < 4.78 is 59.2. The first-order valence-electron chi connectivity index (χ1n) is 32.1. The average molecular weight is 1320 g/mol. The van der Waals surface area contributed by atoms with Crippen LogP contribution in [0, 0.1) is 45.3 Å². The van der Waals surface area contributed by atoms with Gasteiger partial charge in [-0.1, -0.05) is 53.2 Å². The van der Waals surface area contributed by atoms with Gasteiger partial charge in [0.05, 0.1) is 56.9 Å². The Balaban J connectivity index is 0.898.